The molecular formula is C17H27N5O. The maximum absolute atomic E-state index is 13.4. The number of aromatic nitrogens is 2. The first kappa shape index (κ1) is 15.1. The molecule has 3 heterocycles. The van der Waals surface area contributed by atoms with Gasteiger partial charge in [0.05, 0.1) is 0 Å². The zero-order valence-electron chi connectivity index (χ0n) is 13.8. The maximum atomic E-state index is 13.4. The van der Waals surface area contributed by atoms with Crippen molar-refractivity contribution >= 4 is 5.91 Å². The first-order valence-corrected chi connectivity index (χ1v) is 9.04. The van der Waals surface area contributed by atoms with Crippen molar-refractivity contribution in [1.29, 1.82) is 0 Å². The molecule has 23 heavy (non-hydrogen) atoms. The van der Waals surface area contributed by atoms with Crippen LogP contribution in [0.25, 0.3) is 0 Å². The SMILES string of the molecule is O=C(N1CCN(C2CCC2)CC1)C1(n2cccn2)CCNCC1. The van der Waals surface area contributed by atoms with E-state index in [9.17, 15) is 4.79 Å². The van der Waals surface area contributed by atoms with Gasteiger partial charge < -0.3 is 10.2 Å². The number of hydrogen-bond donors (Lipinski definition) is 1. The van der Waals surface area contributed by atoms with Crippen LogP contribution < -0.4 is 5.32 Å². The molecule has 0 aromatic carbocycles. The Balaban J connectivity index is 1.47. The molecule has 126 valence electrons. The van der Waals surface area contributed by atoms with E-state index in [0.29, 0.717) is 0 Å². The lowest BCUT2D eigenvalue weighted by molar-refractivity contribution is -0.145. The van der Waals surface area contributed by atoms with Gasteiger partial charge in [-0.15, -0.1) is 0 Å². The molecule has 0 spiro atoms. The first-order chi connectivity index (χ1) is 11.3. The van der Waals surface area contributed by atoms with E-state index in [1.807, 2.05) is 16.9 Å². The largest absolute Gasteiger partial charge is 0.338 e. The van der Waals surface area contributed by atoms with Crippen molar-refractivity contribution in [3.63, 3.8) is 0 Å². The molecule has 0 radical (unpaired) electrons. The highest BCUT2D eigenvalue weighted by atomic mass is 16.2. The lowest BCUT2D eigenvalue weighted by Gasteiger charge is -2.46. The van der Waals surface area contributed by atoms with Gasteiger partial charge in [0.2, 0.25) is 0 Å². The summed E-state index contributed by atoms with van der Waals surface area (Å²) in [5, 5.41) is 7.80. The number of carbonyl (C=O) groups is 1. The third-order valence-electron chi connectivity index (χ3n) is 5.96. The average molecular weight is 317 g/mol. The molecule has 2 aliphatic heterocycles. The van der Waals surface area contributed by atoms with Crippen molar-refractivity contribution in [2.24, 2.45) is 0 Å². The standard InChI is InChI=1S/C17H27N5O/c23-16(21-13-11-20(12-14-21)15-3-1-4-15)17(5-8-18-9-6-17)22-10-2-7-19-22/h2,7,10,15,18H,1,3-6,8-9,11-14H2. The van der Waals surface area contributed by atoms with Crippen molar-refractivity contribution in [2.45, 2.75) is 43.7 Å². The number of piperazine rings is 1. The number of nitrogens with zero attached hydrogens (tertiary/aromatic N) is 4. The Morgan fingerprint density at radius 3 is 2.43 bits per heavy atom. The lowest BCUT2D eigenvalue weighted by atomic mass is 9.86. The molecule has 4 rings (SSSR count). The number of hydrogen-bond acceptors (Lipinski definition) is 4. The maximum Gasteiger partial charge on any atom is 0.250 e. The average Bonchev–Trinajstić information content (AvgIpc) is 3.09. The third kappa shape index (κ3) is 2.68. The summed E-state index contributed by atoms with van der Waals surface area (Å²) in [6.45, 7) is 5.56. The van der Waals surface area contributed by atoms with E-state index in [0.717, 1.165) is 58.2 Å². The van der Waals surface area contributed by atoms with Crippen LogP contribution in [-0.4, -0.2) is 70.8 Å². The summed E-state index contributed by atoms with van der Waals surface area (Å²) in [4.78, 5) is 18.0. The first-order valence-electron chi connectivity index (χ1n) is 9.04. The van der Waals surface area contributed by atoms with Crippen LogP contribution in [-0.2, 0) is 10.3 Å². The van der Waals surface area contributed by atoms with Gasteiger partial charge in [-0.25, -0.2) is 0 Å². The van der Waals surface area contributed by atoms with Crippen LogP contribution in [0.4, 0.5) is 0 Å². The van der Waals surface area contributed by atoms with Crippen LogP contribution in [0.1, 0.15) is 32.1 Å². The van der Waals surface area contributed by atoms with Crippen molar-refractivity contribution in [3.8, 4) is 0 Å². The van der Waals surface area contributed by atoms with Crippen LogP contribution in [0.5, 0.6) is 0 Å². The highest BCUT2D eigenvalue weighted by molar-refractivity contribution is 5.84. The van der Waals surface area contributed by atoms with Crippen LogP contribution in [0.2, 0.25) is 0 Å². The van der Waals surface area contributed by atoms with Crippen LogP contribution in [0, 0.1) is 0 Å². The summed E-state index contributed by atoms with van der Waals surface area (Å²) in [6.07, 6.45) is 9.46. The van der Waals surface area contributed by atoms with Gasteiger partial charge in [0.1, 0.15) is 5.54 Å². The zero-order chi connectivity index (χ0) is 15.7. The van der Waals surface area contributed by atoms with Gasteiger partial charge in [0.25, 0.3) is 5.91 Å². The molecule has 0 atom stereocenters. The second-order valence-electron chi connectivity index (χ2n) is 7.15. The van der Waals surface area contributed by atoms with Gasteiger partial charge in [-0.3, -0.25) is 14.4 Å². The Bertz CT molecular complexity index is 525. The summed E-state index contributed by atoms with van der Waals surface area (Å²) >= 11 is 0. The molecule has 0 bridgehead atoms. The Kier molecular flexibility index (Phi) is 4.11. The monoisotopic (exact) mass is 317 g/mol. The zero-order valence-corrected chi connectivity index (χ0v) is 13.8. The van der Waals surface area contributed by atoms with E-state index in [1.54, 1.807) is 6.20 Å². The predicted molar refractivity (Wildman–Crippen MR) is 88.1 cm³/mol. The van der Waals surface area contributed by atoms with E-state index >= 15 is 0 Å². The molecule has 1 aromatic heterocycles. The van der Waals surface area contributed by atoms with Gasteiger partial charge in [-0.2, -0.15) is 5.10 Å². The number of piperidine rings is 1. The van der Waals surface area contributed by atoms with Crippen molar-refractivity contribution in [3.05, 3.63) is 18.5 Å². The van der Waals surface area contributed by atoms with Gasteiger partial charge in [-0.05, 0) is 44.8 Å². The fraction of sp³-hybridized carbons (Fsp3) is 0.765. The molecule has 2 saturated heterocycles. The summed E-state index contributed by atoms with van der Waals surface area (Å²) in [6, 6.07) is 2.71. The van der Waals surface area contributed by atoms with Crippen LogP contribution in [0.3, 0.4) is 0 Å². The molecular weight excluding hydrogens is 290 g/mol. The Morgan fingerprint density at radius 1 is 1.13 bits per heavy atom. The van der Waals surface area contributed by atoms with E-state index in [4.69, 9.17) is 0 Å². The second-order valence-corrected chi connectivity index (χ2v) is 7.15. The minimum Gasteiger partial charge on any atom is -0.338 e. The van der Waals surface area contributed by atoms with Crippen molar-refractivity contribution < 1.29 is 4.79 Å². The number of nitrogens with one attached hydrogen (secondary N) is 1. The molecule has 1 aliphatic carbocycles. The van der Waals surface area contributed by atoms with E-state index in [1.165, 1.54) is 19.3 Å². The lowest BCUT2D eigenvalue weighted by Crippen LogP contribution is -2.60. The number of carbonyl (C=O) groups excluding carboxylic acids is 1. The summed E-state index contributed by atoms with van der Waals surface area (Å²) in [5.41, 5.74) is -0.479. The number of amides is 1. The fourth-order valence-electron chi connectivity index (χ4n) is 4.24. The summed E-state index contributed by atoms with van der Waals surface area (Å²) in [7, 11) is 0. The second kappa shape index (κ2) is 6.24. The molecule has 6 heteroatoms. The summed E-state index contributed by atoms with van der Waals surface area (Å²) < 4.78 is 1.91. The smallest absolute Gasteiger partial charge is 0.250 e. The molecule has 1 saturated carbocycles. The minimum absolute atomic E-state index is 0.274. The van der Waals surface area contributed by atoms with Gasteiger partial charge in [-0.1, -0.05) is 6.42 Å². The Morgan fingerprint density at radius 2 is 1.87 bits per heavy atom. The third-order valence-corrected chi connectivity index (χ3v) is 5.96. The van der Waals surface area contributed by atoms with Crippen LogP contribution >= 0.6 is 0 Å². The molecule has 1 amide bonds. The fourth-order valence-corrected chi connectivity index (χ4v) is 4.24. The van der Waals surface area contributed by atoms with Crippen molar-refractivity contribution in [2.75, 3.05) is 39.3 Å². The molecule has 3 aliphatic rings. The number of rotatable bonds is 3. The van der Waals surface area contributed by atoms with Gasteiger partial charge >= 0.3 is 0 Å². The molecule has 6 nitrogen and oxygen atoms in total. The van der Waals surface area contributed by atoms with Crippen LogP contribution in [0.15, 0.2) is 18.5 Å². The predicted octanol–water partition coefficient (Wildman–Crippen LogP) is 0.659. The normalized spacial score (nSPS) is 26.0. The Hall–Kier alpha value is -1.40. The topological polar surface area (TPSA) is 53.4 Å². The minimum atomic E-state index is -0.479. The van der Waals surface area contributed by atoms with Gasteiger partial charge in [0, 0.05) is 44.6 Å². The van der Waals surface area contributed by atoms with E-state index < -0.39 is 5.54 Å². The molecule has 3 fully saturated rings. The molecule has 0 unspecified atom stereocenters. The molecule has 1 N–H and O–H groups in total. The van der Waals surface area contributed by atoms with E-state index in [-0.39, 0.29) is 5.91 Å². The quantitative estimate of drug-likeness (QED) is 0.890. The van der Waals surface area contributed by atoms with Crippen molar-refractivity contribution in [1.82, 2.24) is 24.9 Å². The molecule has 1 aromatic rings. The van der Waals surface area contributed by atoms with Gasteiger partial charge in [0.15, 0.2) is 0 Å². The van der Waals surface area contributed by atoms with E-state index in [2.05, 4.69) is 20.2 Å². The summed E-state index contributed by atoms with van der Waals surface area (Å²) in [5.74, 6) is 0.274. The Labute approximate surface area is 137 Å². The highest BCUT2D eigenvalue weighted by Crippen LogP contribution is 2.31. The highest BCUT2D eigenvalue weighted by Gasteiger charge is 2.45.